The lowest BCUT2D eigenvalue weighted by Crippen LogP contribution is -2.37. The highest BCUT2D eigenvalue weighted by atomic mass is 31.2. The number of quaternary nitrogens is 1. The summed E-state index contributed by atoms with van der Waals surface area (Å²) < 4.78 is 34.0. The molecule has 0 saturated carbocycles. The Morgan fingerprint density at radius 1 is 0.508 bits per heavy atom. The molecule has 9 nitrogen and oxygen atoms in total. The molecule has 0 rings (SSSR count). The third-order valence-corrected chi connectivity index (χ3v) is 11.1. The Labute approximate surface area is 386 Å². The Balaban J connectivity index is 4.28. The predicted molar refractivity (Wildman–Crippen MR) is 263 cm³/mol. The van der Waals surface area contributed by atoms with Gasteiger partial charge in [-0.2, -0.15) is 0 Å². The number of phosphoric acid groups is 1. The molecule has 0 radical (unpaired) electrons. The number of ether oxygens (including phenoxy) is 2. The first kappa shape index (κ1) is 60.2. The van der Waals surface area contributed by atoms with Gasteiger partial charge < -0.3 is 27.9 Å². The number of carbonyl (C=O) groups is 2. The number of likely N-dealkylation sites (N-methyl/N-ethyl adjacent to an activating group) is 1. The van der Waals surface area contributed by atoms with E-state index in [-0.39, 0.29) is 26.1 Å². The number of carbonyl (C=O) groups excluding carboxylic acids is 2. The maximum atomic E-state index is 12.7. The van der Waals surface area contributed by atoms with Crippen molar-refractivity contribution >= 4 is 19.8 Å². The number of rotatable bonds is 44. The zero-order valence-electron chi connectivity index (χ0n) is 40.7. The number of esters is 2. The van der Waals surface area contributed by atoms with Crippen LogP contribution < -0.4 is 4.89 Å². The number of hydrogen-bond acceptors (Lipinski definition) is 8. The van der Waals surface area contributed by atoms with Gasteiger partial charge in [-0.3, -0.25) is 14.2 Å². The highest BCUT2D eigenvalue weighted by Gasteiger charge is 2.21. The maximum Gasteiger partial charge on any atom is 0.306 e. The van der Waals surface area contributed by atoms with E-state index in [1.807, 2.05) is 21.1 Å². The van der Waals surface area contributed by atoms with Gasteiger partial charge in [0.25, 0.3) is 7.82 Å². The van der Waals surface area contributed by atoms with Crippen molar-refractivity contribution in [1.82, 2.24) is 0 Å². The van der Waals surface area contributed by atoms with Gasteiger partial charge in [0.15, 0.2) is 6.10 Å². The summed E-state index contributed by atoms with van der Waals surface area (Å²) in [5.74, 6) is -0.863. The van der Waals surface area contributed by atoms with Crippen molar-refractivity contribution in [2.24, 2.45) is 0 Å². The van der Waals surface area contributed by atoms with Crippen LogP contribution in [0.2, 0.25) is 0 Å². The van der Waals surface area contributed by atoms with Crippen molar-refractivity contribution < 1.29 is 42.1 Å². The number of unbranched alkanes of at least 4 members (excludes halogenated alkanes) is 16. The van der Waals surface area contributed by atoms with Crippen molar-refractivity contribution in [2.45, 2.75) is 193 Å². The Morgan fingerprint density at radius 3 is 1.35 bits per heavy atom. The lowest BCUT2D eigenvalue weighted by atomic mass is 10.1. The minimum Gasteiger partial charge on any atom is -0.756 e. The summed E-state index contributed by atoms with van der Waals surface area (Å²) in [7, 11) is 1.14. The highest BCUT2D eigenvalue weighted by Crippen LogP contribution is 2.38. The third kappa shape index (κ3) is 48.5. The zero-order chi connectivity index (χ0) is 46.4. The second kappa shape index (κ2) is 44.4. The van der Waals surface area contributed by atoms with Gasteiger partial charge in [-0.1, -0.05) is 176 Å². The number of phosphoric ester groups is 1. The molecule has 0 N–H and O–H groups in total. The molecule has 0 aliphatic rings. The highest BCUT2D eigenvalue weighted by molar-refractivity contribution is 7.45. The van der Waals surface area contributed by atoms with E-state index in [0.717, 1.165) is 103 Å². The van der Waals surface area contributed by atoms with Crippen LogP contribution in [0.25, 0.3) is 0 Å². The second-order valence-corrected chi connectivity index (χ2v) is 18.9. The molecule has 362 valence electrons. The first-order valence-corrected chi connectivity index (χ1v) is 26.3. The molecule has 0 fully saturated rings. The molecular weight excluding hydrogens is 810 g/mol. The van der Waals surface area contributed by atoms with E-state index in [2.05, 4.69) is 98.9 Å². The van der Waals surface area contributed by atoms with Gasteiger partial charge in [0.2, 0.25) is 0 Å². The quantitative estimate of drug-likeness (QED) is 0.0195. The molecule has 0 aromatic heterocycles. The number of nitrogens with zero attached hydrogens (tertiary/aromatic N) is 1. The van der Waals surface area contributed by atoms with Crippen LogP contribution in [-0.2, 0) is 32.7 Å². The van der Waals surface area contributed by atoms with Crippen LogP contribution in [0.4, 0.5) is 0 Å². The van der Waals surface area contributed by atoms with Crippen LogP contribution in [0, 0.1) is 0 Å². The van der Waals surface area contributed by atoms with Gasteiger partial charge in [-0.25, -0.2) is 0 Å². The molecule has 0 aromatic rings. The van der Waals surface area contributed by atoms with Crippen LogP contribution in [0.5, 0.6) is 0 Å². The van der Waals surface area contributed by atoms with Crippen molar-refractivity contribution in [3.63, 3.8) is 0 Å². The van der Waals surface area contributed by atoms with E-state index in [9.17, 15) is 19.0 Å². The van der Waals surface area contributed by atoms with Gasteiger partial charge >= 0.3 is 11.9 Å². The van der Waals surface area contributed by atoms with E-state index < -0.39 is 32.5 Å². The average Bonchev–Trinajstić information content (AvgIpc) is 3.24. The normalized spacial score (nSPS) is 14.2. The van der Waals surface area contributed by atoms with Crippen LogP contribution >= 0.6 is 7.82 Å². The monoisotopic (exact) mass is 902 g/mol. The lowest BCUT2D eigenvalue weighted by molar-refractivity contribution is -0.870. The first-order valence-electron chi connectivity index (χ1n) is 24.8. The Kier molecular flexibility index (Phi) is 42.4. The van der Waals surface area contributed by atoms with Gasteiger partial charge in [0.1, 0.15) is 19.8 Å². The summed E-state index contributed by atoms with van der Waals surface area (Å²) in [6.45, 7) is 4.04. The van der Waals surface area contributed by atoms with Gasteiger partial charge in [0, 0.05) is 12.8 Å². The lowest BCUT2D eigenvalue weighted by Gasteiger charge is -2.28. The van der Waals surface area contributed by atoms with Crippen LogP contribution in [-0.4, -0.2) is 70.0 Å². The molecule has 0 spiro atoms. The smallest absolute Gasteiger partial charge is 0.306 e. The van der Waals surface area contributed by atoms with Crippen molar-refractivity contribution in [2.75, 3.05) is 47.5 Å². The van der Waals surface area contributed by atoms with Gasteiger partial charge in [-0.15, -0.1) is 0 Å². The largest absolute Gasteiger partial charge is 0.756 e. The maximum absolute atomic E-state index is 12.7. The molecule has 63 heavy (non-hydrogen) atoms. The van der Waals surface area contributed by atoms with Crippen LogP contribution in [0.3, 0.4) is 0 Å². The SMILES string of the molecule is CC/C=C\C/C=C\C/C=C\C/C=C\C/C=C\CCCCCCCCCCCC(=O)OC(COC(=O)CCCCCCC/C=C\C/C=C\CCCC)COP(=O)([O-])OCC[N+](C)(C)C. The standard InChI is InChI=1S/C53H92NO8P/c1-6-8-10-12-14-16-18-20-22-23-24-25-26-27-28-29-30-31-32-34-36-38-40-42-44-46-53(56)62-51(50-61-63(57,58)60-48-47-54(3,4)5)49-59-52(55)45-43-41-39-37-35-33-21-19-17-15-13-11-9-7-2/h8,10,13-16,19-22,24-25,27-28,51H,6-7,9,11-12,17-18,23,26,29-50H2,1-5H3/b10-8-,15-13-,16-14-,21-19-,22-20-,25-24-,28-27-. The van der Waals surface area contributed by atoms with Gasteiger partial charge in [0.05, 0.1) is 27.7 Å². The zero-order valence-corrected chi connectivity index (χ0v) is 41.6. The molecule has 0 saturated heterocycles. The topological polar surface area (TPSA) is 111 Å². The summed E-state index contributed by atoms with van der Waals surface area (Å²) in [5.41, 5.74) is 0. The van der Waals surface area contributed by atoms with Crippen LogP contribution in [0.1, 0.15) is 187 Å². The fourth-order valence-electron chi connectivity index (χ4n) is 6.29. The first-order chi connectivity index (χ1) is 30.5. The molecule has 0 aliphatic carbocycles. The minimum atomic E-state index is -4.64. The van der Waals surface area contributed by atoms with E-state index in [1.54, 1.807) is 0 Å². The van der Waals surface area contributed by atoms with Crippen molar-refractivity contribution in [1.29, 1.82) is 0 Å². The van der Waals surface area contributed by atoms with E-state index in [1.165, 1.54) is 44.9 Å². The Bertz CT molecular complexity index is 1340. The van der Waals surface area contributed by atoms with Crippen molar-refractivity contribution in [3.8, 4) is 0 Å². The molecule has 0 heterocycles. The number of hydrogen-bond donors (Lipinski definition) is 0. The Morgan fingerprint density at radius 2 is 0.905 bits per heavy atom. The van der Waals surface area contributed by atoms with E-state index >= 15 is 0 Å². The summed E-state index contributed by atoms with van der Waals surface area (Å²) >= 11 is 0. The molecular formula is C53H92NO8P. The fourth-order valence-corrected chi connectivity index (χ4v) is 7.01. The molecule has 2 atom stereocenters. The molecule has 2 unspecified atom stereocenters. The van der Waals surface area contributed by atoms with Crippen LogP contribution in [0.15, 0.2) is 85.1 Å². The molecule has 0 amide bonds. The predicted octanol–water partition coefficient (Wildman–Crippen LogP) is 14.1. The molecule has 0 aliphatic heterocycles. The summed E-state index contributed by atoms with van der Waals surface area (Å²) in [6.07, 6.45) is 57.5. The second-order valence-electron chi connectivity index (χ2n) is 17.4. The minimum absolute atomic E-state index is 0.0387. The fraction of sp³-hybridized carbons (Fsp3) is 0.698. The third-order valence-electron chi connectivity index (χ3n) is 10.1. The van der Waals surface area contributed by atoms with E-state index in [4.69, 9.17) is 18.5 Å². The number of allylic oxidation sites excluding steroid dienone is 14. The molecule has 0 aromatic carbocycles. The molecule has 10 heteroatoms. The van der Waals surface area contributed by atoms with Crippen molar-refractivity contribution in [3.05, 3.63) is 85.1 Å². The Hall–Kier alpha value is -2.81. The average molecular weight is 902 g/mol. The summed E-state index contributed by atoms with van der Waals surface area (Å²) in [4.78, 5) is 37.7. The molecule has 0 bridgehead atoms. The summed E-state index contributed by atoms with van der Waals surface area (Å²) in [5, 5.41) is 0. The van der Waals surface area contributed by atoms with E-state index in [0.29, 0.717) is 23.9 Å². The summed E-state index contributed by atoms with van der Waals surface area (Å²) in [6, 6.07) is 0. The van der Waals surface area contributed by atoms with Gasteiger partial charge in [-0.05, 0) is 83.5 Å².